The number of hydrogen-bond donors (Lipinski definition) is 1. The zero-order valence-electron chi connectivity index (χ0n) is 11.9. The Labute approximate surface area is 115 Å². The minimum absolute atomic E-state index is 0.259. The predicted molar refractivity (Wildman–Crippen MR) is 80.4 cm³/mol. The van der Waals surface area contributed by atoms with E-state index in [2.05, 4.69) is 42.0 Å². The molecule has 1 heterocycles. The lowest BCUT2D eigenvalue weighted by Crippen LogP contribution is -2.21. The van der Waals surface area contributed by atoms with Gasteiger partial charge in [-0.05, 0) is 42.3 Å². The van der Waals surface area contributed by atoms with Crippen LogP contribution >= 0.6 is 0 Å². The van der Waals surface area contributed by atoms with Gasteiger partial charge in [-0.15, -0.1) is 0 Å². The maximum Gasteiger partial charge on any atom is 0.0483 e. The lowest BCUT2D eigenvalue weighted by atomic mass is 10.0. The van der Waals surface area contributed by atoms with E-state index in [1.165, 1.54) is 16.5 Å². The van der Waals surface area contributed by atoms with Gasteiger partial charge in [-0.3, -0.25) is 0 Å². The van der Waals surface area contributed by atoms with Crippen LogP contribution in [0, 0.1) is 0 Å². The van der Waals surface area contributed by atoms with E-state index in [9.17, 15) is 0 Å². The fourth-order valence-corrected chi connectivity index (χ4v) is 2.38. The second-order valence-corrected chi connectivity index (χ2v) is 5.12. The molecular formula is C16H24N2O. The van der Waals surface area contributed by atoms with E-state index < -0.39 is 0 Å². The molecule has 0 fully saturated rings. The first-order valence-electron chi connectivity index (χ1n) is 7.07. The van der Waals surface area contributed by atoms with E-state index in [1.54, 1.807) is 7.11 Å². The molecule has 2 aromatic rings. The molecule has 1 unspecified atom stereocenters. The van der Waals surface area contributed by atoms with Gasteiger partial charge >= 0.3 is 0 Å². The van der Waals surface area contributed by atoms with Crippen molar-refractivity contribution in [2.75, 3.05) is 13.7 Å². The highest BCUT2D eigenvalue weighted by Crippen LogP contribution is 2.19. The maximum atomic E-state index is 6.04. The third-order valence-corrected chi connectivity index (χ3v) is 3.61. The van der Waals surface area contributed by atoms with Crippen molar-refractivity contribution in [3.05, 3.63) is 36.0 Å². The molecule has 0 radical (unpaired) electrons. The van der Waals surface area contributed by atoms with Crippen molar-refractivity contribution >= 4 is 10.9 Å². The highest BCUT2D eigenvalue weighted by Gasteiger charge is 2.05. The highest BCUT2D eigenvalue weighted by molar-refractivity contribution is 5.80. The molecule has 1 aromatic carbocycles. The number of methoxy groups -OCH3 is 1. The third-order valence-electron chi connectivity index (χ3n) is 3.61. The molecule has 104 valence electrons. The number of benzene rings is 1. The van der Waals surface area contributed by atoms with Crippen molar-refractivity contribution < 1.29 is 4.74 Å². The first kappa shape index (κ1) is 14.1. The summed E-state index contributed by atoms with van der Waals surface area (Å²) in [5.41, 5.74) is 8.67. The number of ether oxygens (including phenoxy) is 1. The standard InChI is InChI=1S/C16H24N2O/c1-3-15(17)11-13-5-6-14-7-9-18(16(14)12-13)8-4-10-19-2/h5-7,9,12,15H,3-4,8,10-11,17H2,1-2H3. The smallest absolute Gasteiger partial charge is 0.0483 e. The lowest BCUT2D eigenvalue weighted by molar-refractivity contribution is 0.190. The Morgan fingerprint density at radius 3 is 2.89 bits per heavy atom. The average molecular weight is 260 g/mol. The van der Waals surface area contributed by atoms with Crippen molar-refractivity contribution in [1.29, 1.82) is 0 Å². The number of hydrogen-bond acceptors (Lipinski definition) is 2. The van der Waals surface area contributed by atoms with E-state index in [-0.39, 0.29) is 6.04 Å². The second-order valence-electron chi connectivity index (χ2n) is 5.12. The average Bonchev–Trinajstić information content (AvgIpc) is 2.82. The Kier molecular flexibility index (Phi) is 5.00. The Balaban J connectivity index is 2.17. The molecule has 0 saturated heterocycles. The highest BCUT2D eigenvalue weighted by atomic mass is 16.5. The van der Waals surface area contributed by atoms with E-state index in [0.717, 1.165) is 32.4 Å². The molecule has 0 bridgehead atoms. The number of fused-ring (bicyclic) bond motifs is 1. The van der Waals surface area contributed by atoms with Crippen LogP contribution < -0.4 is 5.73 Å². The van der Waals surface area contributed by atoms with Gasteiger partial charge in [-0.1, -0.05) is 19.1 Å². The Hall–Kier alpha value is -1.32. The molecule has 3 heteroatoms. The van der Waals surface area contributed by atoms with Crippen LogP contribution in [-0.4, -0.2) is 24.3 Å². The number of aromatic nitrogens is 1. The Bertz CT molecular complexity index is 518. The van der Waals surface area contributed by atoms with Gasteiger partial charge in [0.15, 0.2) is 0 Å². The Morgan fingerprint density at radius 2 is 2.16 bits per heavy atom. The van der Waals surface area contributed by atoms with Crippen molar-refractivity contribution in [2.24, 2.45) is 5.73 Å². The van der Waals surface area contributed by atoms with E-state index in [1.807, 2.05) is 0 Å². The Morgan fingerprint density at radius 1 is 1.32 bits per heavy atom. The first-order valence-corrected chi connectivity index (χ1v) is 7.07. The van der Waals surface area contributed by atoms with Gasteiger partial charge in [0.25, 0.3) is 0 Å². The van der Waals surface area contributed by atoms with E-state index in [4.69, 9.17) is 10.5 Å². The van der Waals surface area contributed by atoms with Crippen molar-refractivity contribution in [1.82, 2.24) is 4.57 Å². The molecule has 0 aliphatic heterocycles. The molecule has 19 heavy (non-hydrogen) atoms. The molecule has 0 spiro atoms. The van der Waals surface area contributed by atoms with Crippen molar-refractivity contribution in [2.45, 2.75) is 38.8 Å². The van der Waals surface area contributed by atoms with Crippen molar-refractivity contribution in [3.63, 3.8) is 0 Å². The van der Waals surface area contributed by atoms with Gasteiger partial charge in [0.2, 0.25) is 0 Å². The first-order chi connectivity index (χ1) is 9.24. The second kappa shape index (κ2) is 6.73. The van der Waals surface area contributed by atoms with Gasteiger partial charge in [-0.25, -0.2) is 0 Å². The van der Waals surface area contributed by atoms with Crippen LogP contribution in [0.5, 0.6) is 0 Å². The summed E-state index contributed by atoms with van der Waals surface area (Å²) < 4.78 is 7.41. The van der Waals surface area contributed by atoms with Crippen molar-refractivity contribution in [3.8, 4) is 0 Å². The lowest BCUT2D eigenvalue weighted by Gasteiger charge is -2.10. The summed E-state index contributed by atoms with van der Waals surface area (Å²) in [6.45, 7) is 3.94. The van der Waals surface area contributed by atoms with E-state index in [0.29, 0.717) is 0 Å². The van der Waals surface area contributed by atoms with Crippen LogP contribution in [0.4, 0.5) is 0 Å². The predicted octanol–water partition coefficient (Wildman–Crippen LogP) is 2.96. The molecule has 1 aromatic heterocycles. The topological polar surface area (TPSA) is 40.2 Å². The summed E-state index contributed by atoms with van der Waals surface area (Å²) in [4.78, 5) is 0. The molecule has 1 atom stereocenters. The zero-order valence-corrected chi connectivity index (χ0v) is 11.9. The number of aryl methyl sites for hydroxylation is 1. The SMILES string of the molecule is CCC(N)Cc1ccc2ccn(CCCOC)c2c1. The molecule has 0 saturated carbocycles. The van der Waals surface area contributed by atoms with Gasteiger partial charge in [0.1, 0.15) is 0 Å². The van der Waals surface area contributed by atoms with Crippen LogP contribution in [0.1, 0.15) is 25.3 Å². The van der Waals surface area contributed by atoms with Crippen LogP contribution in [0.15, 0.2) is 30.5 Å². The van der Waals surface area contributed by atoms with Gasteiger partial charge in [0.05, 0.1) is 0 Å². The molecule has 0 aliphatic carbocycles. The monoisotopic (exact) mass is 260 g/mol. The number of nitrogens with zero attached hydrogens (tertiary/aromatic N) is 1. The van der Waals surface area contributed by atoms with Gasteiger partial charge < -0.3 is 15.0 Å². The van der Waals surface area contributed by atoms with Gasteiger partial charge in [-0.2, -0.15) is 0 Å². The van der Waals surface area contributed by atoms with Crippen LogP contribution in [0.3, 0.4) is 0 Å². The zero-order chi connectivity index (χ0) is 13.7. The fourth-order valence-electron chi connectivity index (χ4n) is 2.38. The summed E-state index contributed by atoms with van der Waals surface area (Å²) in [5.74, 6) is 0. The minimum Gasteiger partial charge on any atom is -0.385 e. The number of nitrogens with two attached hydrogens (primary N) is 1. The quantitative estimate of drug-likeness (QED) is 0.777. The molecule has 0 aliphatic rings. The summed E-state index contributed by atoms with van der Waals surface area (Å²) in [5, 5.41) is 1.30. The summed E-state index contributed by atoms with van der Waals surface area (Å²) in [7, 11) is 1.75. The molecular weight excluding hydrogens is 236 g/mol. The molecule has 2 N–H and O–H groups in total. The van der Waals surface area contributed by atoms with Crippen LogP contribution in [0.2, 0.25) is 0 Å². The molecule has 2 rings (SSSR count). The van der Waals surface area contributed by atoms with Crippen LogP contribution in [-0.2, 0) is 17.7 Å². The van der Waals surface area contributed by atoms with E-state index >= 15 is 0 Å². The van der Waals surface area contributed by atoms with Crippen LogP contribution in [0.25, 0.3) is 10.9 Å². The molecule has 0 amide bonds. The fraction of sp³-hybridized carbons (Fsp3) is 0.500. The molecule has 3 nitrogen and oxygen atoms in total. The van der Waals surface area contributed by atoms with Gasteiger partial charge in [0, 0.05) is 38.0 Å². The third kappa shape index (κ3) is 3.58. The normalized spacial score (nSPS) is 13.0. The number of rotatable bonds is 7. The summed E-state index contributed by atoms with van der Waals surface area (Å²) in [6, 6.07) is 9.09. The summed E-state index contributed by atoms with van der Waals surface area (Å²) >= 11 is 0. The summed E-state index contributed by atoms with van der Waals surface area (Å²) in [6.07, 6.45) is 5.17. The largest absolute Gasteiger partial charge is 0.385 e. The minimum atomic E-state index is 0.259. The maximum absolute atomic E-state index is 6.04.